The minimum absolute atomic E-state index is 0.174. The molecule has 0 aromatic carbocycles. The molecular weight excluding hydrogens is 571 g/mol. The van der Waals surface area contributed by atoms with E-state index in [0.29, 0.717) is 19.3 Å². The van der Waals surface area contributed by atoms with Crippen molar-refractivity contribution in [3.05, 3.63) is 48.6 Å². The molecule has 248 valence electrons. The molecule has 0 aliphatic carbocycles. The Morgan fingerprint density at radius 2 is 1.26 bits per heavy atom. The van der Waals surface area contributed by atoms with Crippen LogP contribution in [-0.2, 0) is 28.2 Å². The van der Waals surface area contributed by atoms with Crippen LogP contribution in [0.1, 0.15) is 123 Å². The van der Waals surface area contributed by atoms with E-state index in [1.54, 1.807) is 0 Å². The number of phosphoric ester groups is 1. The minimum Gasteiger partial charge on any atom is -0.462 e. The van der Waals surface area contributed by atoms with Gasteiger partial charge in [-0.2, -0.15) is 0 Å². The highest BCUT2D eigenvalue weighted by Gasteiger charge is 2.22. The van der Waals surface area contributed by atoms with Crippen LogP contribution in [0.25, 0.3) is 0 Å². The Labute approximate surface area is 259 Å². The highest BCUT2D eigenvalue weighted by atomic mass is 31.2. The van der Waals surface area contributed by atoms with Gasteiger partial charge in [-0.25, -0.2) is 4.57 Å². The van der Waals surface area contributed by atoms with Crippen LogP contribution in [-0.4, -0.2) is 52.3 Å². The Balaban J connectivity index is 4.14. The molecule has 0 bridgehead atoms. The Morgan fingerprint density at radius 3 is 1.88 bits per heavy atom. The molecule has 0 saturated heterocycles. The highest BCUT2D eigenvalue weighted by molar-refractivity contribution is 7.46. The van der Waals surface area contributed by atoms with E-state index in [-0.39, 0.29) is 25.6 Å². The molecule has 0 heterocycles. The van der Waals surface area contributed by atoms with Gasteiger partial charge in [-0.3, -0.25) is 14.1 Å². The average Bonchev–Trinajstić information content (AvgIpc) is 2.96. The van der Waals surface area contributed by atoms with Crippen LogP contribution in [0.15, 0.2) is 48.6 Å². The largest absolute Gasteiger partial charge is 0.469 e. The van der Waals surface area contributed by atoms with Crippen molar-refractivity contribution in [3.63, 3.8) is 0 Å². The maximum absolute atomic E-state index is 12.2. The van der Waals surface area contributed by atoms with Gasteiger partial charge in [-0.15, -0.1) is 0 Å². The number of aliphatic hydroxyl groups excluding tert-OH is 1. The second kappa shape index (κ2) is 28.7. The van der Waals surface area contributed by atoms with Crippen molar-refractivity contribution in [1.29, 1.82) is 0 Å². The number of hydrogen-bond acceptors (Lipinski definition) is 7. The lowest BCUT2D eigenvalue weighted by molar-refractivity contribution is -0.161. The summed E-state index contributed by atoms with van der Waals surface area (Å²) < 4.78 is 26.0. The molecule has 2 atom stereocenters. The predicted molar refractivity (Wildman–Crippen MR) is 171 cm³/mol. The number of aliphatic hydroxyl groups is 1. The van der Waals surface area contributed by atoms with E-state index in [2.05, 4.69) is 42.7 Å². The van der Waals surface area contributed by atoms with Crippen molar-refractivity contribution in [2.24, 2.45) is 0 Å². The number of rotatable bonds is 28. The van der Waals surface area contributed by atoms with Crippen molar-refractivity contribution in [3.8, 4) is 0 Å². The summed E-state index contributed by atoms with van der Waals surface area (Å²) in [5.74, 6) is -0.986. The molecular formula is C33H57O9P. The summed E-state index contributed by atoms with van der Waals surface area (Å²) in [7, 11) is -4.76. The number of hydrogen-bond donors (Lipinski definition) is 3. The number of phosphoric acid groups is 1. The number of carbonyl (C=O) groups excluding carboxylic acids is 2. The zero-order valence-electron chi connectivity index (χ0n) is 26.4. The molecule has 0 aliphatic rings. The molecule has 43 heavy (non-hydrogen) atoms. The summed E-state index contributed by atoms with van der Waals surface area (Å²) in [6.07, 6.45) is 29.2. The maximum Gasteiger partial charge on any atom is 0.469 e. The normalized spacial score (nSPS) is 13.9. The quantitative estimate of drug-likeness (QED) is 0.0342. The number of unbranched alkanes of at least 4 members (excludes halogenated alkanes) is 8. The number of ether oxygens (including phenoxy) is 2. The summed E-state index contributed by atoms with van der Waals surface area (Å²) in [5.41, 5.74) is 0. The van der Waals surface area contributed by atoms with Crippen molar-refractivity contribution in [1.82, 2.24) is 0 Å². The number of allylic oxidation sites excluding steroid dienone is 7. The minimum atomic E-state index is -4.76. The molecule has 0 aromatic rings. The van der Waals surface area contributed by atoms with E-state index in [1.807, 2.05) is 24.3 Å². The van der Waals surface area contributed by atoms with E-state index in [4.69, 9.17) is 19.3 Å². The SMILES string of the molecule is CCCCCCCCCC(=O)O[C@H](COC(=O)CCC/C=C\C/C=C\C/C=C\C/C=C\[C@@H](O)CCCC)COP(=O)(O)O. The van der Waals surface area contributed by atoms with Gasteiger partial charge >= 0.3 is 19.8 Å². The zero-order chi connectivity index (χ0) is 32.0. The molecule has 0 spiro atoms. The van der Waals surface area contributed by atoms with Gasteiger partial charge in [0, 0.05) is 12.8 Å². The average molecular weight is 629 g/mol. The fraction of sp³-hybridized carbons (Fsp3) is 0.697. The van der Waals surface area contributed by atoms with Crippen LogP contribution in [0.3, 0.4) is 0 Å². The smallest absolute Gasteiger partial charge is 0.462 e. The molecule has 0 aromatic heterocycles. The van der Waals surface area contributed by atoms with Gasteiger partial charge in [0.1, 0.15) is 6.61 Å². The van der Waals surface area contributed by atoms with Gasteiger partial charge in [0.15, 0.2) is 6.10 Å². The lowest BCUT2D eigenvalue weighted by atomic mass is 10.1. The van der Waals surface area contributed by atoms with Crippen LogP contribution in [0.2, 0.25) is 0 Å². The van der Waals surface area contributed by atoms with Gasteiger partial charge < -0.3 is 24.4 Å². The van der Waals surface area contributed by atoms with Crippen molar-refractivity contribution < 1.29 is 43.0 Å². The van der Waals surface area contributed by atoms with E-state index in [1.165, 1.54) is 19.3 Å². The Bertz CT molecular complexity index is 860. The van der Waals surface area contributed by atoms with Crippen molar-refractivity contribution in [2.75, 3.05) is 13.2 Å². The zero-order valence-corrected chi connectivity index (χ0v) is 27.3. The van der Waals surface area contributed by atoms with E-state index in [0.717, 1.165) is 57.8 Å². The molecule has 9 nitrogen and oxygen atoms in total. The monoisotopic (exact) mass is 628 g/mol. The number of carbonyl (C=O) groups is 2. The molecule has 0 rings (SSSR count). The lowest BCUT2D eigenvalue weighted by Crippen LogP contribution is -2.29. The van der Waals surface area contributed by atoms with Crippen LogP contribution >= 0.6 is 7.82 Å². The third kappa shape index (κ3) is 31.2. The summed E-state index contributed by atoms with van der Waals surface area (Å²) in [5, 5.41) is 9.75. The summed E-state index contributed by atoms with van der Waals surface area (Å²) in [4.78, 5) is 42.3. The molecule has 0 saturated carbocycles. The first kappa shape index (κ1) is 41.0. The summed E-state index contributed by atoms with van der Waals surface area (Å²) in [6.45, 7) is 3.38. The third-order valence-electron chi connectivity index (χ3n) is 6.42. The lowest BCUT2D eigenvalue weighted by Gasteiger charge is -2.18. The van der Waals surface area contributed by atoms with E-state index >= 15 is 0 Å². The van der Waals surface area contributed by atoms with Crippen LogP contribution in [0, 0.1) is 0 Å². The Hall–Kier alpha value is -2.03. The van der Waals surface area contributed by atoms with Crippen molar-refractivity contribution in [2.45, 2.75) is 135 Å². The molecule has 10 heteroatoms. The highest BCUT2D eigenvalue weighted by Crippen LogP contribution is 2.35. The van der Waals surface area contributed by atoms with Crippen LogP contribution in [0.4, 0.5) is 0 Å². The number of esters is 2. The van der Waals surface area contributed by atoms with E-state index < -0.39 is 32.5 Å². The molecule has 0 aliphatic heterocycles. The van der Waals surface area contributed by atoms with Gasteiger partial charge in [-0.1, -0.05) is 114 Å². The standard InChI is InChI=1S/C33H57O9P/c1-3-5-7-8-15-20-23-27-33(36)42-31(29-41-43(37,38)39)28-40-32(35)26-22-19-17-14-12-10-9-11-13-16-18-21-25-30(34)24-6-4-2/h9-10,13-14,16-17,21,25,30-31,34H,3-8,11-12,15,18-20,22-24,26-29H2,1-2H3,(H2,37,38,39)/b10-9-,16-13-,17-14-,25-21-/t30-,31+/m0/s1. The van der Waals surface area contributed by atoms with Crippen molar-refractivity contribution >= 4 is 19.8 Å². The third-order valence-corrected chi connectivity index (χ3v) is 6.91. The molecule has 3 N–H and O–H groups in total. The van der Waals surface area contributed by atoms with Gasteiger partial charge in [0.2, 0.25) is 0 Å². The van der Waals surface area contributed by atoms with Gasteiger partial charge in [0.05, 0.1) is 12.7 Å². The molecule has 0 radical (unpaired) electrons. The first-order valence-corrected chi connectivity index (χ1v) is 17.6. The van der Waals surface area contributed by atoms with Crippen LogP contribution in [0.5, 0.6) is 0 Å². The Kier molecular flexibility index (Phi) is 27.4. The van der Waals surface area contributed by atoms with Gasteiger partial charge in [0.25, 0.3) is 0 Å². The topological polar surface area (TPSA) is 140 Å². The van der Waals surface area contributed by atoms with Gasteiger partial charge in [-0.05, 0) is 44.9 Å². The molecule has 0 fully saturated rings. The predicted octanol–water partition coefficient (Wildman–Crippen LogP) is 7.81. The van der Waals surface area contributed by atoms with E-state index in [9.17, 15) is 19.3 Å². The second-order valence-corrected chi connectivity index (χ2v) is 11.8. The summed E-state index contributed by atoms with van der Waals surface area (Å²) in [6, 6.07) is 0. The molecule has 0 amide bonds. The summed E-state index contributed by atoms with van der Waals surface area (Å²) >= 11 is 0. The fourth-order valence-electron chi connectivity index (χ4n) is 3.97. The maximum atomic E-state index is 12.2. The van der Waals surface area contributed by atoms with Crippen LogP contribution < -0.4 is 0 Å². The fourth-order valence-corrected chi connectivity index (χ4v) is 4.33. The Morgan fingerprint density at radius 1 is 0.698 bits per heavy atom. The second-order valence-electron chi connectivity index (χ2n) is 10.6. The first-order valence-electron chi connectivity index (χ1n) is 16.0. The first-order chi connectivity index (χ1) is 20.7. The molecule has 0 unspecified atom stereocenters.